The van der Waals surface area contributed by atoms with Crippen molar-refractivity contribution in [3.8, 4) is 5.75 Å². The Labute approximate surface area is 202 Å². The molecule has 0 N–H and O–H groups in total. The van der Waals surface area contributed by atoms with Gasteiger partial charge in [-0.1, -0.05) is 58.4 Å². The summed E-state index contributed by atoms with van der Waals surface area (Å²) >= 11 is 4.09. The molecular formula is C25H17BrFNO4S. The fraction of sp³-hybridized carbons (Fsp3) is 0.0800. The Morgan fingerprint density at radius 3 is 2.55 bits per heavy atom. The second-order valence-corrected chi connectivity index (χ2v) is 9.06. The number of benzene rings is 3. The Balaban J connectivity index is 1.44. The number of hydrogen-bond acceptors (Lipinski definition) is 5. The monoisotopic (exact) mass is 525 g/mol. The van der Waals surface area contributed by atoms with Crippen molar-refractivity contribution >= 4 is 50.7 Å². The van der Waals surface area contributed by atoms with Crippen molar-refractivity contribution in [1.29, 1.82) is 0 Å². The zero-order chi connectivity index (χ0) is 23.4. The molecule has 0 spiro atoms. The van der Waals surface area contributed by atoms with Crippen molar-refractivity contribution < 1.29 is 23.5 Å². The highest BCUT2D eigenvalue weighted by Gasteiger charge is 2.36. The molecule has 2 amide bonds. The van der Waals surface area contributed by atoms with Crippen molar-refractivity contribution in [3.63, 3.8) is 0 Å². The van der Waals surface area contributed by atoms with Crippen LogP contribution >= 0.6 is 27.7 Å². The van der Waals surface area contributed by atoms with E-state index in [-0.39, 0.29) is 29.7 Å². The SMILES string of the molecule is O=C(CN1C(=O)S/C(=C/c2cccc(OCc3ccccc3F)c2)C1=O)c1ccc(Br)cc1. The zero-order valence-electron chi connectivity index (χ0n) is 17.2. The lowest BCUT2D eigenvalue weighted by Crippen LogP contribution is -2.33. The molecule has 0 bridgehead atoms. The van der Waals surface area contributed by atoms with Crippen LogP contribution in [0.3, 0.4) is 0 Å². The molecule has 1 heterocycles. The summed E-state index contributed by atoms with van der Waals surface area (Å²) in [4.78, 5) is 38.8. The quantitative estimate of drug-likeness (QED) is 0.276. The molecule has 0 saturated carbocycles. The van der Waals surface area contributed by atoms with Crippen molar-refractivity contribution in [2.24, 2.45) is 0 Å². The van der Waals surface area contributed by atoms with Crippen LogP contribution in [0, 0.1) is 5.82 Å². The maximum absolute atomic E-state index is 13.8. The lowest BCUT2D eigenvalue weighted by molar-refractivity contribution is -0.122. The second-order valence-electron chi connectivity index (χ2n) is 7.15. The highest BCUT2D eigenvalue weighted by molar-refractivity contribution is 9.10. The predicted octanol–water partition coefficient (Wildman–Crippen LogP) is 6.09. The minimum Gasteiger partial charge on any atom is -0.489 e. The normalized spacial score (nSPS) is 14.7. The van der Waals surface area contributed by atoms with Gasteiger partial charge < -0.3 is 4.74 Å². The van der Waals surface area contributed by atoms with E-state index in [0.717, 1.165) is 21.1 Å². The van der Waals surface area contributed by atoms with Crippen LogP contribution in [0.15, 0.2) is 82.2 Å². The Bertz CT molecular complexity index is 1260. The third-order valence-electron chi connectivity index (χ3n) is 4.85. The number of carbonyl (C=O) groups is 3. The Morgan fingerprint density at radius 2 is 1.79 bits per heavy atom. The number of thioether (sulfide) groups is 1. The van der Waals surface area contributed by atoms with Crippen molar-refractivity contribution in [1.82, 2.24) is 4.90 Å². The van der Waals surface area contributed by atoms with E-state index < -0.39 is 11.1 Å². The molecule has 3 aromatic rings. The van der Waals surface area contributed by atoms with E-state index in [0.29, 0.717) is 22.4 Å². The van der Waals surface area contributed by atoms with Gasteiger partial charge in [-0.05, 0) is 53.7 Å². The van der Waals surface area contributed by atoms with Crippen LogP contribution in [0.2, 0.25) is 0 Å². The van der Waals surface area contributed by atoms with Crippen LogP contribution in [-0.2, 0) is 11.4 Å². The van der Waals surface area contributed by atoms with Gasteiger partial charge >= 0.3 is 0 Å². The van der Waals surface area contributed by atoms with E-state index in [9.17, 15) is 18.8 Å². The molecule has 1 saturated heterocycles. The van der Waals surface area contributed by atoms with Crippen molar-refractivity contribution in [3.05, 3.63) is 105 Å². The number of amides is 2. The van der Waals surface area contributed by atoms with Gasteiger partial charge in [0.25, 0.3) is 11.1 Å². The van der Waals surface area contributed by atoms with E-state index in [4.69, 9.17) is 4.74 Å². The third-order valence-corrected chi connectivity index (χ3v) is 6.29. The molecule has 5 nitrogen and oxygen atoms in total. The van der Waals surface area contributed by atoms with Crippen LogP contribution in [0.4, 0.5) is 9.18 Å². The summed E-state index contributed by atoms with van der Waals surface area (Å²) < 4.78 is 20.3. The fourth-order valence-corrected chi connectivity index (χ4v) is 4.23. The number of rotatable bonds is 7. The summed E-state index contributed by atoms with van der Waals surface area (Å²) in [6.45, 7) is -0.264. The zero-order valence-corrected chi connectivity index (χ0v) is 19.6. The molecule has 0 aliphatic carbocycles. The topological polar surface area (TPSA) is 63.7 Å². The molecule has 0 unspecified atom stereocenters. The van der Waals surface area contributed by atoms with E-state index in [2.05, 4.69) is 15.9 Å². The van der Waals surface area contributed by atoms with Gasteiger partial charge in [0, 0.05) is 15.6 Å². The van der Waals surface area contributed by atoms with Gasteiger partial charge in [-0.25, -0.2) is 4.39 Å². The molecule has 0 aromatic heterocycles. The Hall–Kier alpha value is -3.23. The molecule has 0 atom stereocenters. The van der Waals surface area contributed by atoms with Crippen LogP contribution < -0.4 is 4.74 Å². The molecule has 4 rings (SSSR count). The average Bonchev–Trinajstić information content (AvgIpc) is 3.06. The van der Waals surface area contributed by atoms with Crippen LogP contribution in [0.5, 0.6) is 5.75 Å². The third kappa shape index (κ3) is 5.58. The number of ketones is 1. The second kappa shape index (κ2) is 10.1. The van der Waals surface area contributed by atoms with Crippen molar-refractivity contribution in [2.45, 2.75) is 6.61 Å². The highest BCUT2D eigenvalue weighted by Crippen LogP contribution is 2.33. The minimum atomic E-state index is -0.520. The van der Waals surface area contributed by atoms with E-state index >= 15 is 0 Å². The predicted molar refractivity (Wildman–Crippen MR) is 128 cm³/mol. The smallest absolute Gasteiger partial charge is 0.293 e. The standard InChI is InChI=1S/C25H17BrFNO4S/c26-19-10-8-17(9-11-19)22(29)14-28-24(30)23(33-25(28)31)13-16-4-3-6-20(12-16)32-15-18-5-1-2-7-21(18)27/h1-13H,14-15H2/b23-13+. The molecular weight excluding hydrogens is 509 g/mol. The molecule has 0 radical (unpaired) electrons. The van der Waals surface area contributed by atoms with Crippen LogP contribution in [0.25, 0.3) is 6.08 Å². The van der Waals surface area contributed by atoms with Gasteiger partial charge in [-0.15, -0.1) is 0 Å². The molecule has 1 aliphatic rings. The van der Waals surface area contributed by atoms with Crippen molar-refractivity contribution in [2.75, 3.05) is 6.54 Å². The summed E-state index contributed by atoms with van der Waals surface area (Å²) in [6, 6.07) is 20.0. The van der Waals surface area contributed by atoms with E-state index in [1.807, 2.05) is 0 Å². The van der Waals surface area contributed by atoms with Gasteiger partial charge in [0.1, 0.15) is 18.2 Å². The fourth-order valence-electron chi connectivity index (χ4n) is 3.13. The van der Waals surface area contributed by atoms with Gasteiger partial charge in [0.2, 0.25) is 0 Å². The first kappa shape index (κ1) is 22.9. The molecule has 3 aromatic carbocycles. The first-order valence-electron chi connectivity index (χ1n) is 9.91. The number of hydrogen-bond donors (Lipinski definition) is 0. The molecule has 166 valence electrons. The summed E-state index contributed by atoms with van der Waals surface area (Å²) in [5, 5.41) is -0.497. The van der Waals surface area contributed by atoms with E-state index in [1.165, 1.54) is 6.07 Å². The number of ether oxygens (including phenoxy) is 1. The lowest BCUT2D eigenvalue weighted by Gasteiger charge is -2.11. The Kier molecular flexibility index (Phi) is 7.05. The van der Waals surface area contributed by atoms with Gasteiger partial charge in [-0.2, -0.15) is 0 Å². The molecule has 1 aliphatic heterocycles. The maximum atomic E-state index is 13.8. The Morgan fingerprint density at radius 1 is 1.03 bits per heavy atom. The number of Topliss-reactive ketones (excluding diaryl/α,β-unsaturated/α-hetero) is 1. The highest BCUT2D eigenvalue weighted by atomic mass is 79.9. The summed E-state index contributed by atoms with van der Waals surface area (Å²) in [5.41, 5.74) is 1.49. The summed E-state index contributed by atoms with van der Waals surface area (Å²) in [7, 11) is 0. The van der Waals surface area contributed by atoms with Gasteiger partial charge in [-0.3, -0.25) is 19.3 Å². The first-order chi connectivity index (χ1) is 15.9. The first-order valence-corrected chi connectivity index (χ1v) is 11.5. The number of halogens is 2. The molecule has 8 heteroatoms. The molecule has 33 heavy (non-hydrogen) atoms. The number of carbonyl (C=O) groups excluding carboxylic acids is 3. The maximum Gasteiger partial charge on any atom is 0.293 e. The summed E-state index contributed by atoms with van der Waals surface area (Å²) in [5.74, 6) is -0.695. The van der Waals surface area contributed by atoms with Gasteiger partial charge in [0.15, 0.2) is 5.78 Å². The van der Waals surface area contributed by atoms with Crippen LogP contribution in [0.1, 0.15) is 21.5 Å². The van der Waals surface area contributed by atoms with Crippen LogP contribution in [-0.4, -0.2) is 28.4 Å². The number of nitrogens with zero attached hydrogens (tertiary/aromatic N) is 1. The lowest BCUT2D eigenvalue weighted by atomic mass is 10.1. The van der Waals surface area contributed by atoms with E-state index in [1.54, 1.807) is 72.8 Å². The average molecular weight is 526 g/mol. The number of imide groups is 1. The molecule has 1 fully saturated rings. The summed E-state index contributed by atoms with van der Waals surface area (Å²) in [6.07, 6.45) is 1.57. The largest absolute Gasteiger partial charge is 0.489 e. The van der Waals surface area contributed by atoms with Gasteiger partial charge in [0.05, 0.1) is 11.4 Å². The minimum absolute atomic E-state index is 0.0603.